The van der Waals surface area contributed by atoms with Crippen LogP contribution >= 0.6 is 31.9 Å². The van der Waals surface area contributed by atoms with Gasteiger partial charge in [0.1, 0.15) is 11.5 Å². The monoisotopic (exact) mass is 472 g/mol. The summed E-state index contributed by atoms with van der Waals surface area (Å²) in [4.78, 5) is 22.4. The quantitative estimate of drug-likeness (QED) is 0.494. The number of ether oxygens (including phenoxy) is 2. The molecule has 9 heteroatoms. The molecule has 0 unspecified atom stereocenters. The van der Waals surface area contributed by atoms with Crippen molar-refractivity contribution in [2.45, 2.75) is 6.92 Å². The Morgan fingerprint density at radius 1 is 1.28 bits per heavy atom. The molecule has 0 spiro atoms. The molecule has 0 atom stereocenters. The summed E-state index contributed by atoms with van der Waals surface area (Å²) >= 11 is 6.77. The first kappa shape index (κ1) is 19.2. The van der Waals surface area contributed by atoms with Crippen molar-refractivity contribution in [3.05, 3.63) is 55.0 Å². The number of nitrogens with zero attached hydrogens (tertiary/aromatic N) is 1. The van der Waals surface area contributed by atoms with E-state index >= 15 is 0 Å². The number of hydrogen-bond acceptors (Lipinski definition) is 5. The molecule has 0 radical (unpaired) electrons. The Kier molecular flexibility index (Phi) is 6.38. The van der Waals surface area contributed by atoms with Gasteiger partial charge in [0.2, 0.25) is 0 Å². The standard InChI is InChI=1S/C16H14Br2N2O5/c1-9-5-10(17)6-12(18)16(9)25-8-15(21)19-13-4-3-11(20(22)23)7-14(13)24-2/h3-7H,8H2,1-2H3,(H,19,21). The summed E-state index contributed by atoms with van der Waals surface area (Å²) in [5.74, 6) is 0.346. The van der Waals surface area contributed by atoms with Crippen LogP contribution in [-0.2, 0) is 4.79 Å². The van der Waals surface area contributed by atoms with E-state index in [2.05, 4.69) is 37.2 Å². The Morgan fingerprint density at radius 2 is 2.00 bits per heavy atom. The van der Waals surface area contributed by atoms with Crippen molar-refractivity contribution in [1.29, 1.82) is 0 Å². The molecule has 0 heterocycles. The van der Waals surface area contributed by atoms with Gasteiger partial charge in [0.25, 0.3) is 11.6 Å². The van der Waals surface area contributed by atoms with Crippen LogP contribution < -0.4 is 14.8 Å². The summed E-state index contributed by atoms with van der Waals surface area (Å²) in [5, 5.41) is 13.4. The van der Waals surface area contributed by atoms with E-state index in [9.17, 15) is 14.9 Å². The summed E-state index contributed by atoms with van der Waals surface area (Å²) in [6.45, 7) is 1.64. The molecule has 0 saturated heterocycles. The van der Waals surface area contributed by atoms with Gasteiger partial charge in [-0.25, -0.2) is 0 Å². The van der Waals surface area contributed by atoms with Crippen LogP contribution in [0.3, 0.4) is 0 Å². The number of non-ortho nitro benzene ring substituents is 1. The Morgan fingerprint density at radius 3 is 2.60 bits per heavy atom. The highest BCUT2D eigenvalue weighted by Crippen LogP contribution is 2.32. The smallest absolute Gasteiger partial charge is 0.273 e. The Labute approximate surface area is 160 Å². The number of nitro groups is 1. The molecule has 2 aromatic rings. The van der Waals surface area contributed by atoms with Crippen LogP contribution in [0.2, 0.25) is 0 Å². The fourth-order valence-corrected chi connectivity index (χ4v) is 3.65. The van der Waals surface area contributed by atoms with E-state index in [0.29, 0.717) is 11.4 Å². The van der Waals surface area contributed by atoms with Gasteiger partial charge in [-0.05, 0) is 46.6 Å². The molecule has 7 nitrogen and oxygen atoms in total. The third-order valence-corrected chi connectivity index (χ3v) is 4.26. The van der Waals surface area contributed by atoms with Gasteiger partial charge in [0.15, 0.2) is 6.61 Å². The van der Waals surface area contributed by atoms with Crippen molar-refractivity contribution in [2.75, 3.05) is 19.0 Å². The average molecular weight is 474 g/mol. The van der Waals surface area contributed by atoms with Gasteiger partial charge in [-0.15, -0.1) is 0 Å². The molecule has 25 heavy (non-hydrogen) atoms. The van der Waals surface area contributed by atoms with Crippen molar-refractivity contribution < 1.29 is 19.2 Å². The van der Waals surface area contributed by atoms with E-state index in [1.165, 1.54) is 25.3 Å². The lowest BCUT2D eigenvalue weighted by Gasteiger charge is -2.13. The number of carbonyl (C=O) groups is 1. The number of carbonyl (C=O) groups excluding carboxylic acids is 1. The first-order valence-corrected chi connectivity index (χ1v) is 8.61. The fourth-order valence-electron chi connectivity index (χ4n) is 2.09. The van der Waals surface area contributed by atoms with E-state index in [0.717, 1.165) is 14.5 Å². The van der Waals surface area contributed by atoms with Crippen molar-refractivity contribution >= 4 is 49.1 Å². The Bertz CT molecular complexity index is 803. The second-order valence-corrected chi connectivity index (χ2v) is 6.78. The third-order valence-electron chi connectivity index (χ3n) is 3.21. The number of nitrogens with one attached hydrogen (secondary N) is 1. The average Bonchev–Trinajstić information content (AvgIpc) is 2.53. The summed E-state index contributed by atoms with van der Waals surface area (Å²) in [5.41, 5.74) is 1.07. The maximum Gasteiger partial charge on any atom is 0.273 e. The lowest BCUT2D eigenvalue weighted by atomic mass is 10.2. The first-order chi connectivity index (χ1) is 11.8. The van der Waals surface area contributed by atoms with Gasteiger partial charge in [-0.1, -0.05) is 15.9 Å². The summed E-state index contributed by atoms with van der Waals surface area (Å²) in [6, 6.07) is 7.63. The van der Waals surface area contributed by atoms with Crippen LogP contribution in [-0.4, -0.2) is 24.5 Å². The van der Waals surface area contributed by atoms with Gasteiger partial charge in [-0.3, -0.25) is 14.9 Å². The molecular formula is C16H14Br2N2O5. The number of methoxy groups -OCH3 is 1. The van der Waals surface area contributed by atoms with Crippen molar-refractivity contribution in [3.63, 3.8) is 0 Å². The van der Waals surface area contributed by atoms with Crippen LogP contribution in [0.15, 0.2) is 39.3 Å². The number of halogens is 2. The molecule has 1 amide bonds. The summed E-state index contributed by atoms with van der Waals surface area (Å²) in [6.07, 6.45) is 0. The van der Waals surface area contributed by atoms with Crippen molar-refractivity contribution in [1.82, 2.24) is 0 Å². The molecule has 0 aliphatic carbocycles. The van der Waals surface area contributed by atoms with E-state index in [1.54, 1.807) is 0 Å². The van der Waals surface area contributed by atoms with Crippen molar-refractivity contribution in [2.24, 2.45) is 0 Å². The van der Waals surface area contributed by atoms with Gasteiger partial charge >= 0.3 is 0 Å². The maximum atomic E-state index is 12.1. The molecule has 2 rings (SSSR count). The van der Waals surface area contributed by atoms with Crippen LogP contribution in [0, 0.1) is 17.0 Å². The van der Waals surface area contributed by atoms with Crippen LogP contribution in [0.5, 0.6) is 11.5 Å². The number of benzene rings is 2. The third kappa shape index (κ3) is 4.93. The SMILES string of the molecule is COc1cc([N+](=O)[O-])ccc1NC(=O)COc1c(C)cc(Br)cc1Br. The largest absolute Gasteiger partial charge is 0.494 e. The number of rotatable bonds is 6. The molecule has 0 aliphatic rings. The molecule has 0 saturated carbocycles. The number of hydrogen-bond donors (Lipinski definition) is 1. The second kappa shape index (κ2) is 8.30. The van der Waals surface area contributed by atoms with Crippen LogP contribution in [0.1, 0.15) is 5.56 Å². The summed E-state index contributed by atoms with van der Waals surface area (Å²) in [7, 11) is 1.37. The minimum absolute atomic E-state index is 0.125. The molecule has 2 aromatic carbocycles. The Balaban J connectivity index is 2.07. The number of amides is 1. The summed E-state index contributed by atoms with van der Waals surface area (Å²) < 4.78 is 12.3. The lowest BCUT2D eigenvalue weighted by Crippen LogP contribution is -2.21. The zero-order chi connectivity index (χ0) is 18.6. The number of anilines is 1. The minimum atomic E-state index is -0.537. The van der Waals surface area contributed by atoms with Gasteiger partial charge in [-0.2, -0.15) is 0 Å². The van der Waals surface area contributed by atoms with Crippen molar-refractivity contribution in [3.8, 4) is 11.5 Å². The predicted octanol–water partition coefficient (Wildman–Crippen LogP) is 4.45. The molecule has 0 bridgehead atoms. The second-order valence-electron chi connectivity index (χ2n) is 5.01. The molecular weight excluding hydrogens is 460 g/mol. The zero-order valence-electron chi connectivity index (χ0n) is 13.3. The minimum Gasteiger partial charge on any atom is -0.494 e. The molecule has 132 valence electrons. The molecule has 0 aliphatic heterocycles. The van der Waals surface area contributed by atoms with E-state index < -0.39 is 10.8 Å². The predicted molar refractivity (Wildman–Crippen MR) is 100 cm³/mol. The highest BCUT2D eigenvalue weighted by atomic mass is 79.9. The highest BCUT2D eigenvalue weighted by molar-refractivity contribution is 9.11. The first-order valence-electron chi connectivity index (χ1n) is 7.02. The van der Waals surface area contributed by atoms with E-state index in [4.69, 9.17) is 9.47 Å². The van der Waals surface area contributed by atoms with Gasteiger partial charge in [0.05, 0.1) is 28.3 Å². The van der Waals surface area contributed by atoms with E-state index in [1.807, 2.05) is 19.1 Å². The molecule has 0 fully saturated rings. The fraction of sp³-hybridized carbons (Fsp3) is 0.188. The molecule has 0 aromatic heterocycles. The highest BCUT2D eigenvalue weighted by Gasteiger charge is 2.15. The normalized spacial score (nSPS) is 10.2. The lowest BCUT2D eigenvalue weighted by molar-refractivity contribution is -0.384. The van der Waals surface area contributed by atoms with Crippen LogP contribution in [0.4, 0.5) is 11.4 Å². The Hall–Kier alpha value is -2.13. The zero-order valence-corrected chi connectivity index (χ0v) is 16.5. The number of aryl methyl sites for hydroxylation is 1. The van der Waals surface area contributed by atoms with Gasteiger partial charge in [0, 0.05) is 10.5 Å². The van der Waals surface area contributed by atoms with Crippen LogP contribution in [0.25, 0.3) is 0 Å². The van der Waals surface area contributed by atoms with Gasteiger partial charge < -0.3 is 14.8 Å². The van der Waals surface area contributed by atoms with E-state index in [-0.39, 0.29) is 18.0 Å². The number of nitro benzene ring substituents is 1. The topological polar surface area (TPSA) is 90.7 Å². The maximum absolute atomic E-state index is 12.1. The molecule has 1 N–H and O–H groups in total.